The quantitative estimate of drug-likeness (QED) is 0.742. The van der Waals surface area contributed by atoms with Crippen LogP contribution in [0.2, 0.25) is 10.0 Å². The summed E-state index contributed by atoms with van der Waals surface area (Å²) in [5, 5.41) is 5.86. The fourth-order valence-electron chi connectivity index (χ4n) is 3.63. The Balaban J connectivity index is 1.58. The maximum atomic E-state index is 12.7. The van der Waals surface area contributed by atoms with Gasteiger partial charge in [-0.15, -0.1) is 0 Å². The Bertz CT molecular complexity index is 760. The number of nitrogens with zero attached hydrogens (tertiary/aromatic N) is 1. The molecule has 2 heterocycles. The summed E-state index contributed by atoms with van der Waals surface area (Å²) in [6.45, 7) is 4.39. The van der Waals surface area contributed by atoms with Crippen molar-refractivity contribution in [1.82, 2.24) is 15.5 Å². The van der Waals surface area contributed by atoms with Crippen LogP contribution in [0.15, 0.2) is 18.2 Å². The molecule has 0 radical (unpaired) electrons. The number of ether oxygens (including phenoxy) is 1. The first-order valence-corrected chi connectivity index (χ1v) is 9.50. The van der Waals surface area contributed by atoms with Gasteiger partial charge in [0.1, 0.15) is 11.3 Å². The van der Waals surface area contributed by atoms with Gasteiger partial charge in [-0.1, -0.05) is 23.2 Å². The Morgan fingerprint density at radius 2 is 1.81 bits per heavy atom. The van der Waals surface area contributed by atoms with Gasteiger partial charge < -0.3 is 15.0 Å². The highest BCUT2D eigenvalue weighted by atomic mass is 35.5. The van der Waals surface area contributed by atoms with Crippen LogP contribution >= 0.6 is 23.2 Å². The summed E-state index contributed by atoms with van der Waals surface area (Å²) in [7, 11) is 0. The molecule has 0 unspecified atom stereocenters. The number of halogens is 2. The Morgan fingerprint density at radius 3 is 2.33 bits per heavy atom. The number of rotatable bonds is 4. The third-order valence-electron chi connectivity index (χ3n) is 5.19. The zero-order valence-electron chi connectivity index (χ0n) is 15.1. The Hall–Kier alpha value is -1.99. The van der Waals surface area contributed by atoms with Crippen LogP contribution in [0, 0.1) is 5.92 Å². The van der Waals surface area contributed by atoms with Crippen LogP contribution in [-0.2, 0) is 9.59 Å². The van der Waals surface area contributed by atoms with Gasteiger partial charge in [0.15, 0.2) is 6.10 Å². The van der Waals surface area contributed by atoms with Gasteiger partial charge in [-0.05, 0) is 50.8 Å². The lowest BCUT2D eigenvalue weighted by Gasteiger charge is -2.39. The second-order valence-corrected chi connectivity index (χ2v) is 7.95. The van der Waals surface area contributed by atoms with Crippen LogP contribution in [0.25, 0.3) is 0 Å². The molecule has 9 heteroatoms. The van der Waals surface area contributed by atoms with Gasteiger partial charge in [-0.25, -0.2) is 4.79 Å². The van der Waals surface area contributed by atoms with E-state index in [1.807, 2.05) is 0 Å². The van der Waals surface area contributed by atoms with E-state index in [0.717, 1.165) is 0 Å². The van der Waals surface area contributed by atoms with Crippen molar-refractivity contribution < 1.29 is 19.1 Å². The lowest BCUT2D eigenvalue weighted by Crippen LogP contribution is -2.55. The van der Waals surface area contributed by atoms with Crippen LogP contribution in [-0.4, -0.2) is 47.5 Å². The minimum atomic E-state index is -0.925. The van der Waals surface area contributed by atoms with Crippen molar-refractivity contribution in [2.24, 2.45) is 5.92 Å². The summed E-state index contributed by atoms with van der Waals surface area (Å²) in [6.07, 6.45) is 0.540. The summed E-state index contributed by atoms with van der Waals surface area (Å²) in [5.74, 6) is -0.0570. The molecule has 7 nitrogen and oxygen atoms in total. The lowest BCUT2D eigenvalue weighted by molar-refractivity contribution is -0.140. The molecule has 4 amide bonds. The lowest BCUT2D eigenvalue weighted by atomic mass is 9.79. The van der Waals surface area contributed by atoms with Crippen LogP contribution in [0.3, 0.4) is 0 Å². The van der Waals surface area contributed by atoms with Crippen molar-refractivity contribution in [1.29, 1.82) is 0 Å². The van der Waals surface area contributed by atoms with Crippen molar-refractivity contribution >= 4 is 41.0 Å². The van der Waals surface area contributed by atoms with Crippen LogP contribution < -0.4 is 15.4 Å². The molecule has 2 atom stereocenters. The van der Waals surface area contributed by atoms with E-state index in [-0.39, 0.29) is 17.7 Å². The third-order valence-corrected chi connectivity index (χ3v) is 5.63. The SMILES string of the molecule is C[C@@H](Oc1cc(Cl)cc(Cl)c1)C(=O)N1CCC([C@]2(C)NC(=O)NC2=O)CC1. The predicted octanol–water partition coefficient (Wildman–Crippen LogP) is 2.60. The Morgan fingerprint density at radius 1 is 1.22 bits per heavy atom. The number of nitrogens with one attached hydrogen (secondary N) is 2. The number of imide groups is 1. The standard InChI is InChI=1S/C18H21Cl2N3O4/c1-10(27-14-8-12(19)7-13(20)9-14)15(24)23-5-3-11(4-6-23)18(2)16(25)21-17(26)22-18/h7-11H,3-6H2,1-2H3,(H2,21,22,25,26)/t10-,18+/m1/s1. The van der Waals surface area contributed by atoms with E-state index < -0.39 is 17.7 Å². The normalized spacial score (nSPS) is 24.4. The molecule has 2 N–H and O–H groups in total. The Kier molecular flexibility index (Phi) is 5.53. The zero-order chi connectivity index (χ0) is 19.8. The van der Waals surface area contributed by atoms with Crippen LogP contribution in [0.4, 0.5) is 4.79 Å². The molecule has 0 saturated carbocycles. The molecule has 2 saturated heterocycles. The van der Waals surface area contributed by atoms with E-state index in [1.165, 1.54) is 0 Å². The molecule has 2 aliphatic rings. The van der Waals surface area contributed by atoms with Crippen molar-refractivity contribution in [2.75, 3.05) is 13.1 Å². The summed E-state index contributed by atoms with van der Waals surface area (Å²) in [6, 6.07) is 4.33. The molecular formula is C18H21Cl2N3O4. The van der Waals surface area contributed by atoms with Crippen molar-refractivity contribution in [3.8, 4) is 5.75 Å². The molecule has 27 heavy (non-hydrogen) atoms. The maximum absolute atomic E-state index is 12.7. The van der Waals surface area contributed by atoms with Crippen LogP contribution in [0.1, 0.15) is 26.7 Å². The van der Waals surface area contributed by atoms with E-state index >= 15 is 0 Å². The van der Waals surface area contributed by atoms with Crippen molar-refractivity contribution in [3.05, 3.63) is 28.2 Å². The average Bonchev–Trinajstić information content (AvgIpc) is 2.86. The number of hydrogen-bond acceptors (Lipinski definition) is 4. The second-order valence-electron chi connectivity index (χ2n) is 7.08. The number of hydrogen-bond donors (Lipinski definition) is 2. The topological polar surface area (TPSA) is 87.7 Å². The molecule has 0 spiro atoms. The van der Waals surface area contributed by atoms with E-state index in [1.54, 1.807) is 36.9 Å². The summed E-state index contributed by atoms with van der Waals surface area (Å²) >= 11 is 11.9. The Labute approximate surface area is 167 Å². The number of benzene rings is 1. The van der Waals surface area contributed by atoms with Gasteiger partial charge in [-0.3, -0.25) is 14.9 Å². The van der Waals surface area contributed by atoms with Gasteiger partial charge in [0.25, 0.3) is 11.8 Å². The monoisotopic (exact) mass is 413 g/mol. The zero-order valence-corrected chi connectivity index (χ0v) is 16.6. The maximum Gasteiger partial charge on any atom is 0.322 e. The minimum Gasteiger partial charge on any atom is -0.481 e. The smallest absolute Gasteiger partial charge is 0.322 e. The second kappa shape index (κ2) is 7.56. The number of amides is 4. The third kappa shape index (κ3) is 4.14. The molecule has 3 rings (SSSR count). The van der Waals surface area contributed by atoms with E-state index in [4.69, 9.17) is 27.9 Å². The number of piperidine rings is 1. The first-order chi connectivity index (χ1) is 12.7. The fourth-order valence-corrected chi connectivity index (χ4v) is 4.14. The van der Waals surface area contributed by atoms with Gasteiger partial charge in [-0.2, -0.15) is 0 Å². The summed E-state index contributed by atoms with van der Waals surface area (Å²) in [5.41, 5.74) is -0.925. The highest BCUT2D eigenvalue weighted by Crippen LogP contribution is 2.31. The van der Waals surface area contributed by atoms with Crippen molar-refractivity contribution in [3.63, 3.8) is 0 Å². The van der Waals surface area contributed by atoms with Gasteiger partial charge >= 0.3 is 6.03 Å². The molecule has 2 fully saturated rings. The largest absolute Gasteiger partial charge is 0.481 e. The van der Waals surface area contributed by atoms with Gasteiger partial charge in [0.05, 0.1) is 0 Å². The van der Waals surface area contributed by atoms with Gasteiger partial charge in [0, 0.05) is 23.1 Å². The molecule has 2 aliphatic heterocycles. The summed E-state index contributed by atoms with van der Waals surface area (Å²) in [4.78, 5) is 37.9. The highest BCUT2D eigenvalue weighted by Gasteiger charge is 2.48. The van der Waals surface area contributed by atoms with E-state index in [2.05, 4.69) is 10.6 Å². The predicted molar refractivity (Wildman–Crippen MR) is 101 cm³/mol. The molecule has 1 aromatic carbocycles. The van der Waals surface area contributed by atoms with Gasteiger partial charge in [0.2, 0.25) is 0 Å². The number of carbonyl (C=O) groups excluding carboxylic acids is 3. The minimum absolute atomic E-state index is 0.0315. The number of urea groups is 1. The van der Waals surface area contributed by atoms with E-state index in [0.29, 0.717) is 41.7 Å². The molecule has 146 valence electrons. The summed E-state index contributed by atoms with van der Waals surface area (Å²) < 4.78 is 5.69. The van der Waals surface area contributed by atoms with Crippen LogP contribution in [0.5, 0.6) is 5.75 Å². The average molecular weight is 414 g/mol. The first-order valence-electron chi connectivity index (χ1n) is 8.74. The molecule has 0 aliphatic carbocycles. The van der Waals surface area contributed by atoms with Crippen molar-refractivity contribution in [2.45, 2.75) is 38.3 Å². The molecule has 1 aromatic rings. The fraction of sp³-hybridized carbons (Fsp3) is 0.500. The molecular weight excluding hydrogens is 393 g/mol. The first kappa shape index (κ1) is 19.8. The number of carbonyl (C=O) groups is 3. The molecule has 0 bridgehead atoms. The van der Waals surface area contributed by atoms with E-state index in [9.17, 15) is 14.4 Å². The molecule has 0 aromatic heterocycles. The highest BCUT2D eigenvalue weighted by molar-refractivity contribution is 6.34. The number of likely N-dealkylation sites (tertiary alicyclic amines) is 1.